The molecule has 2 amide bonds. The van der Waals surface area contributed by atoms with E-state index < -0.39 is 0 Å². The summed E-state index contributed by atoms with van der Waals surface area (Å²) in [5.74, 6) is 0.791. The van der Waals surface area contributed by atoms with Crippen LogP contribution in [-0.2, 0) is 27.2 Å². The van der Waals surface area contributed by atoms with Crippen LogP contribution >= 0.6 is 0 Å². The lowest BCUT2D eigenvalue weighted by Crippen LogP contribution is -2.51. The molecule has 0 radical (unpaired) electrons. The Bertz CT molecular complexity index is 792. The Hall–Kier alpha value is -2.86. The molecule has 0 saturated carbocycles. The van der Waals surface area contributed by atoms with Gasteiger partial charge in [0, 0.05) is 26.1 Å². The van der Waals surface area contributed by atoms with Crippen LogP contribution in [0, 0.1) is 0 Å². The molecule has 1 aliphatic heterocycles. The fraction of sp³-hybridized carbons (Fsp3) is 0.391. The first-order valence-corrected chi connectivity index (χ1v) is 9.97. The van der Waals surface area contributed by atoms with Crippen molar-refractivity contribution in [2.45, 2.75) is 25.4 Å². The van der Waals surface area contributed by atoms with Crippen LogP contribution < -0.4 is 10.1 Å². The van der Waals surface area contributed by atoms with Crippen molar-refractivity contribution >= 4 is 11.8 Å². The average molecular weight is 396 g/mol. The number of aryl methyl sites for hydroxylation is 1. The number of ether oxygens (including phenoxy) is 2. The van der Waals surface area contributed by atoms with E-state index >= 15 is 0 Å². The van der Waals surface area contributed by atoms with Gasteiger partial charge in [0.05, 0.1) is 13.2 Å². The topological polar surface area (TPSA) is 67.9 Å². The maximum Gasteiger partial charge on any atom is 0.248 e. The number of hydrogen-bond donors (Lipinski definition) is 1. The maximum absolute atomic E-state index is 12.2. The average Bonchev–Trinajstić information content (AvgIpc) is 2.77. The Morgan fingerprint density at radius 1 is 1.10 bits per heavy atom. The number of amides is 2. The van der Waals surface area contributed by atoms with Crippen LogP contribution in [-0.4, -0.2) is 56.2 Å². The maximum atomic E-state index is 12.2. The van der Waals surface area contributed by atoms with Gasteiger partial charge < -0.3 is 19.7 Å². The number of carbonyl (C=O) groups excluding carboxylic acids is 2. The quantitative estimate of drug-likeness (QED) is 0.706. The normalized spacial score (nSPS) is 16.5. The van der Waals surface area contributed by atoms with Crippen molar-refractivity contribution in [1.82, 2.24) is 10.2 Å². The van der Waals surface area contributed by atoms with Crippen molar-refractivity contribution in [1.29, 1.82) is 0 Å². The van der Waals surface area contributed by atoms with Gasteiger partial charge in [0.15, 0.2) is 0 Å². The fourth-order valence-corrected chi connectivity index (χ4v) is 3.30. The number of morpholine rings is 1. The van der Waals surface area contributed by atoms with E-state index in [2.05, 4.69) is 17.4 Å². The monoisotopic (exact) mass is 396 g/mol. The summed E-state index contributed by atoms with van der Waals surface area (Å²) in [6.45, 7) is 1.65. The standard InChI is InChI=1S/C23H28N2O4/c1-28-20-10-7-19(8-11-20)9-12-22(26)24-15-21-16-25(23(27)17-29-21)14-13-18-5-3-2-4-6-18/h2-8,10-11,21H,9,12-17H2,1H3,(H,24,26). The molecule has 1 N–H and O–H groups in total. The number of carbonyl (C=O) groups is 2. The lowest BCUT2D eigenvalue weighted by Gasteiger charge is -2.33. The molecule has 1 fully saturated rings. The van der Waals surface area contributed by atoms with Gasteiger partial charge in [0.2, 0.25) is 11.8 Å². The highest BCUT2D eigenvalue weighted by atomic mass is 16.5. The van der Waals surface area contributed by atoms with Gasteiger partial charge in [-0.05, 0) is 36.1 Å². The molecule has 1 unspecified atom stereocenters. The van der Waals surface area contributed by atoms with Crippen molar-refractivity contribution in [3.05, 3.63) is 65.7 Å². The minimum Gasteiger partial charge on any atom is -0.497 e. The van der Waals surface area contributed by atoms with Crippen LogP contribution in [0.25, 0.3) is 0 Å². The summed E-state index contributed by atoms with van der Waals surface area (Å²) in [6.07, 6.45) is 1.72. The molecule has 154 valence electrons. The molecule has 6 nitrogen and oxygen atoms in total. The second-order valence-corrected chi connectivity index (χ2v) is 7.16. The van der Waals surface area contributed by atoms with Gasteiger partial charge in [-0.2, -0.15) is 0 Å². The van der Waals surface area contributed by atoms with Crippen molar-refractivity contribution in [3.63, 3.8) is 0 Å². The van der Waals surface area contributed by atoms with Crippen molar-refractivity contribution < 1.29 is 19.1 Å². The van der Waals surface area contributed by atoms with E-state index in [0.29, 0.717) is 32.5 Å². The summed E-state index contributed by atoms with van der Waals surface area (Å²) >= 11 is 0. The summed E-state index contributed by atoms with van der Waals surface area (Å²) in [7, 11) is 1.63. The van der Waals surface area contributed by atoms with E-state index in [1.807, 2.05) is 47.4 Å². The third-order valence-corrected chi connectivity index (χ3v) is 5.06. The summed E-state index contributed by atoms with van der Waals surface area (Å²) in [5.41, 5.74) is 2.29. The van der Waals surface area contributed by atoms with Gasteiger partial charge in [-0.3, -0.25) is 9.59 Å². The molecule has 1 aliphatic rings. The Labute approximate surface area is 171 Å². The van der Waals surface area contributed by atoms with Crippen molar-refractivity contribution in [2.24, 2.45) is 0 Å². The summed E-state index contributed by atoms with van der Waals surface area (Å²) in [5, 5.41) is 2.93. The van der Waals surface area contributed by atoms with Crippen LogP contribution in [0.15, 0.2) is 54.6 Å². The smallest absolute Gasteiger partial charge is 0.248 e. The molecular weight excluding hydrogens is 368 g/mol. The zero-order valence-corrected chi connectivity index (χ0v) is 16.8. The minimum atomic E-state index is -0.173. The molecule has 3 rings (SSSR count). The number of hydrogen-bond acceptors (Lipinski definition) is 4. The van der Waals surface area contributed by atoms with E-state index in [1.54, 1.807) is 7.11 Å². The first kappa shape index (κ1) is 20.9. The Morgan fingerprint density at radius 2 is 1.83 bits per heavy atom. The van der Waals surface area contributed by atoms with Crippen LogP contribution in [0.5, 0.6) is 5.75 Å². The molecule has 0 aromatic heterocycles. The van der Waals surface area contributed by atoms with Crippen molar-refractivity contribution in [3.8, 4) is 5.75 Å². The molecule has 1 atom stereocenters. The highest BCUT2D eigenvalue weighted by Crippen LogP contribution is 2.13. The largest absolute Gasteiger partial charge is 0.497 e. The lowest BCUT2D eigenvalue weighted by atomic mass is 10.1. The molecule has 1 heterocycles. The summed E-state index contributed by atoms with van der Waals surface area (Å²) in [6, 6.07) is 17.8. The molecular formula is C23H28N2O4. The molecule has 6 heteroatoms. The van der Waals surface area contributed by atoms with Crippen LogP contribution in [0.1, 0.15) is 17.5 Å². The van der Waals surface area contributed by atoms with Gasteiger partial charge >= 0.3 is 0 Å². The molecule has 29 heavy (non-hydrogen) atoms. The third kappa shape index (κ3) is 6.61. The van der Waals surface area contributed by atoms with Gasteiger partial charge in [-0.15, -0.1) is 0 Å². The predicted molar refractivity (Wildman–Crippen MR) is 111 cm³/mol. The van der Waals surface area contributed by atoms with E-state index in [4.69, 9.17) is 9.47 Å². The SMILES string of the molecule is COc1ccc(CCC(=O)NCC2CN(CCc3ccccc3)C(=O)CO2)cc1. The van der Waals surface area contributed by atoms with Crippen LogP contribution in [0.3, 0.4) is 0 Å². The number of methoxy groups -OCH3 is 1. The first-order chi connectivity index (χ1) is 14.1. The second kappa shape index (κ2) is 10.6. The predicted octanol–water partition coefficient (Wildman–Crippen LogP) is 2.21. The first-order valence-electron chi connectivity index (χ1n) is 9.97. The second-order valence-electron chi connectivity index (χ2n) is 7.16. The summed E-state index contributed by atoms with van der Waals surface area (Å²) in [4.78, 5) is 26.1. The Morgan fingerprint density at radius 3 is 2.55 bits per heavy atom. The minimum absolute atomic E-state index is 0.00279. The van der Waals surface area contributed by atoms with Gasteiger partial charge in [-0.25, -0.2) is 0 Å². The fourth-order valence-electron chi connectivity index (χ4n) is 3.30. The van der Waals surface area contributed by atoms with E-state index in [0.717, 1.165) is 17.7 Å². The van der Waals surface area contributed by atoms with E-state index in [9.17, 15) is 9.59 Å². The van der Waals surface area contributed by atoms with E-state index in [-0.39, 0.29) is 24.5 Å². The van der Waals surface area contributed by atoms with Crippen LogP contribution in [0.2, 0.25) is 0 Å². The highest BCUT2D eigenvalue weighted by Gasteiger charge is 2.26. The van der Waals surface area contributed by atoms with Crippen molar-refractivity contribution in [2.75, 3.05) is 33.4 Å². The zero-order valence-electron chi connectivity index (χ0n) is 16.8. The molecule has 0 bridgehead atoms. The molecule has 2 aromatic rings. The Kier molecular flexibility index (Phi) is 7.64. The molecule has 0 spiro atoms. The zero-order chi connectivity index (χ0) is 20.5. The summed E-state index contributed by atoms with van der Waals surface area (Å²) < 4.78 is 10.7. The number of rotatable bonds is 9. The molecule has 2 aromatic carbocycles. The molecule has 0 aliphatic carbocycles. The molecule has 1 saturated heterocycles. The van der Waals surface area contributed by atoms with Crippen LogP contribution in [0.4, 0.5) is 0 Å². The van der Waals surface area contributed by atoms with Gasteiger partial charge in [-0.1, -0.05) is 42.5 Å². The lowest BCUT2D eigenvalue weighted by molar-refractivity contribution is -0.148. The number of nitrogens with zero attached hydrogens (tertiary/aromatic N) is 1. The Balaban J connectivity index is 1.38. The third-order valence-electron chi connectivity index (χ3n) is 5.06. The van der Waals surface area contributed by atoms with E-state index in [1.165, 1.54) is 5.56 Å². The number of nitrogens with one attached hydrogen (secondary N) is 1. The number of benzene rings is 2. The highest BCUT2D eigenvalue weighted by molar-refractivity contribution is 5.78. The van der Waals surface area contributed by atoms with Gasteiger partial charge in [0.25, 0.3) is 0 Å². The van der Waals surface area contributed by atoms with Gasteiger partial charge in [0.1, 0.15) is 12.4 Å².